The molecule has 2 rings (SSSR count). The highest BCUT2D eigenvalue weighted by Crippen LogP contribution is 2.32. The lowest BCUT2D eigenvalue weighted by atomic mass is 10.2. The van der Waals surface area contributed by atoms with Gasteiger partial charge >= 0.3 is 5.97 Å². The Morgan fingerprint density at radius 1 is 1.43 bits per heavy atom. The number of carbonyl (C=O) groups is 2. The molecule has 2 heterocycles. The Morgan fingerprint density at radius 2 is 2.14 bits per heavy atom. The lowest BCUT2D eigenvalue weighted by Gasteiger charge is -2.10. The van der Waals surface area contributed by atoms with Crippen molar-refractivity contribution in [2.75, 3.05) is 18.1 Å². The minimum Gasteiger partial charge on any atom is -0.451 e. The number of nitrogens with one attached hydrogen (secondary N) is 1. The molecule has 0 spiro atoms. The average molecular weight is 461 g/mol. The molecule has 1 aromatic heterocycles. The number of carbonyl (C=O) groups excluding carboxylic acids is 2. The van der Waals surface area contributed by atoms with E-state index in [0.717, 1.165) is 8.26 Å². The fraction of sp³-hybridized carbons (Fsp3) is 0.455. The van der Waals surface area contributed by atoms with E-state index in [0.29, 0.717) is 11.3 Å². The number of amides is 1. The number of ether oxygens (including phenoxy) is 1. The summed E-state index contributed by atoms with van der Waals surface area (Å²) in [5.74, 6) is -1.08. The molecule has 1 aliphatic rings. The molecule has 6 nitrogen and oxygen atoms in total. The highest BCUT2D eigenvalue weighted by Gasteiger charge is 2.29. The van der Waals surface area contributed by atoms with Gasteiger partial charge in [-0.2, -0.15) is 0 Å². The minimum atomic E-state index is -3.05. The Hall–Kier alpha value is -0.450. The zero-order valence-electron chi connectivity index (χ0n) is 10.6. The second kappa shape index (κ2) is 6.76. The van der Waals surface area contributed by atoms with Crippen LogP contribution in [0.4, 0.5) is 0 Å². The Kier molecular flexibility index (Phi) is 5.44. The van der Waals surface area contributed by atoms with E-state index < -0.39 is 34.4 Å². The molecule has 0 saturated carbocycles. The van der Waals surface area contributed by atoms with Crippen LogP contribution in [-0.4, -0.2) is 44.4 Å². The molecular formula is C11H11Br2NO5S2. The molecular weight excluding hydrogens is 450 g/mol. The third kappa shape index (κ3) is 4.76. The molecule has 1 aliphatic heterocycles. The number of sulfone groups is 1. The molecule has 1 atom stereocenters. The molecule has 0 radical (unpaired) electrons. The van der Waals surface area contributed by atoms with E-state index in [1.165, 1.54) is 11.3 Å². The van der Waals surface area contributed by atoms with Gasteiger partial charge in [-0.15, -0.1) is 11.3 Å². The zero-order chi connectivity index (χ0) is 15.6. The fourth-order valence-electron chi connectivity index (χ4n) is 1.83. The average Bonchev–Trinajstić information content (AvgIpc) is 2.90. The third-order valence-electron chi connectivity index (χ3n) is 2.78. The van der Waals surface area contributed by atoms with Crippen molar-refractivity contribution in [1.29, 1.82) is 0 Å². The van der Waals surface area contributed by atoms with Gasteiger partial charge in [-0.25, -0.2) is 13.2 Å². The Morgan fingerprint density at radius 3 is 2.67 bits per heavy atom. The van der Waals surface area contributed by atoms with E-state index >= 15 is 0 Å². The lowest BCUT2D eigenvalue weighted by molar-refractivity contribution is -0.124. The van der Waals surface area contributed by atoms with Crippen LogP contribution in [-0.2, 0) is 19.4 Å². The smallest absolute Gasteiger partial charge is 0.348 e. The van der Waals surface area contributed by atoms with E-state index in [4.69, 9.17) is 4.74 Å². The fourth-order valence-corrected chi connectivity index (χ4v) is 5.43. The van der Waals surface area contributed by atoms with Crippen LogP contribution in [0.2, 0.25) is 0 Å². The first kappa shape index (κ1) is 16.9. The van der Waals surface area contributed by atoms with Gasteiger partial charge in [0.15, 0.2) is 16.4 Å². The maximum atomic E-state index is 11.7. The van der Waals surface area contributed by atoms with Gasteiger partial charge in [0, 0.05) is 10.5 Å². The Labute approximate surface area is 142 Å². The monoisotopic (exact) mass is 459 g/mol. The van der Waals surface area contributed by atoms with Crippen LogP contribution >= 0.6 is 43.2 Å². The number of hydrogen-bond acceptors (Lipinski definition) is 6. The van der Waals surface area contributed by atoms with Gasteiger partial charge in [0.05, 0.1) is 15.3 Å². The number of halogens is 2. The highest BCUT2D eigenvalue weighted by atomic mass is 79.9. The number of thiophene rings is 1. The number of hydrogen-bond donors (Lipinski definition) is 1. The summed E-state index contributed by atoms with van der Waals surface area (Å²) < 4.78 is 28.9. The SMILES string of the molecule is O=C(COC(=O)c1cc(Br)c(Br)s1)N[C@@H]1CCS(=O)(=O)C1. The molecule has 1 N–H and O–H groups in total. The van der Waals surface area contributed by atoms with Crippen molar-refractivity contribution in [2.24, 2.45) is 0 Å². The molecule has 21 heavy (non-hydrogen) atoms. The van der Waals surface area contributed by atoms with Crippen molar-refractivity contribution in [3.63, 3.8) is 0 Å². The second-order valence-electron chi connectivity index (χ2n) is 4.48. The first-order chi connectivity index (χ1) is 9.77. The van der Waals surface area contributed by atoms with Crippen molar-refractivity contribution >= 4 is 64.9 Å². The third-order valence-corrected chi connectivity index (χ3v) is 7.78. The molecule has 0 aromatic carbocycles. The van der Waals surface area contributed by atoms with Crippen LogP contribution in [0.1, 0.15) is 16.1 Å². The second-order valence-corrected chi connectivity index (χ2v) is 9.93. The summed E-state index contributed by atoms with van der Waals surface area (Å²) in [5.41, 5.74) is 0. The molecule has 1 fully saturated rings. The molecule has 0 bridgehead atoms. The number of rotatable bonds is 4. The van der Waals surface area contributed by atoms with Gasteiger partial charge in [-0.1, -0.05) is 0 Å². The number of esters is 1. The van der Waals surface area contributed by atoms with Gasteiger partial charge in [0.25, 0.3) is 5.91 Å². The predicted octanol–water partition coefficient (Wildman–Crippen LogP) is 1.73. The van der Waals surface area contributed by atoms with Crippen molar-refractivity contribution < 1.29 is 22.7 Å². The Bertz CT molecular complexity index is 651. The van der Waals surface area contributed by atoms with Crippen LogP contribution in [0.15, 0.2) is 14.3 Å². The van der Waals surface area contributed by atoms with Crippen LogP contribution in [0.3, 0.4) is 0 Å². The molecule has 1 saturated heterocycles. The van der Waals surface area contributed by atoms with E-state index in [-0.39, 0.29) is 11.5 Å². The highest BCUT2D eigenvalue weighted by molar-refractivity contribution is 9.13. The predicted molar refractivity (Wildman–Crippen MR) is 85.2 cm³/mol. The van der Waals surface area contributed by atoms with Crippen molar-refractivity contribution in [1.82, 2.24) is 5.32 Å². The molecule has 10 heteroatoms. The van der Waals surface area contributed by atoms with Crippen LogP contribution in [0, 0.1) is 0 Å². The largest absolute Gasteiger partial charge is 0.451 e. The molecule has 1 aromatic rings. The van der Waals surface area contributed by atoms with Crippen LogP contribution in [0.25, 0.3) is 0 Å². The molecule has 1 amide bonds. The van der Waals surface area contributed by atoms with Gasteiger partial charge in [-0.05, 0) is 44.3 Å². The van der Waals surface area contributed by atoms with E-state index in [1.54, 1.807) is 6.07 Å². The summed E-state index contributed by atoms with van der Waals surface area (Å²) in [6, 6.07) is 1.20. The summed E-state index contributed by atoms with van der Waals surface area (Å²) in [7, 11) is -3.05. The summed E-state index contributed by atoms with van der Waals surface area (Å²) in [5, 5.41) is 2.55. The first-order valence-corrected chi connectivity index (χ1v) is 10.1. The molecule has 0 unspecified atom stereocenters. The van der Waals surface area contributed by atoms with Crippen molar-refractivity contribution in [3.8, 4) is 0 Å². The van der Waals surface area contributed by atoms with Gasteiger partial charge < -0.3 is 10.1 Å². The standard InChI is InChI=1S/C11H11Br2NO5S2/c12-7-3-8(20-10(7)13)11(16)19-4-9(15)14-6-1-2-21(17,18)5-6/h3,6H,1-2,4-5H2,(H,14,15)/t6-/m1/s1. The normalized spacial score (nSPS) is 20.2. The van der Waals surface area contributed by atoms with E-state index in [1.807, 2.05) is 0 Å². The van der Waals surface area contributed by atoms with Crippen LogP contribution < -0.4 is 5.32 Å². The van der Waals surface area contributed by atoms with Gasteiger partial charge in [-0.3, -0.25) is 4.79 Å². The minimum absolute atomic E-state index is 0.0580. The summed E-state index contributed by atoms with van der Waals surface area (Å²) in [6.45, 7) is -0.428. The molecule has 116 valence electrons. The van der Waals surface area contributed by atoms with Crippen molar-refractivity contribution in [2.45, 2.75) is 12.5 Å². The van der Waals surface area contributed by atoms with Gasteiger partial charge in [0.2, 0.25) is 0 Å². The van der Waals surface area contributed by atoms with Gasteiger partial charge in [0.1, 0.15) is 4.88 Å². The first-order valence-electron chi connectivity index (χ1n) is 5.88. The van der Waals surface area contributed by atoms with E-state index in [2.05, 4.69) is 37.2 Å². The summed E-state index contributed by atoms with van der Waals surface area (Å²) >= 11 is 7.71. The maximum absolute atomic E-state index is 11.7. The summed E-state index contributed by atoms with van der Waals surface area (Å²) in [6.07, 6.45) is 0.396. The molecule has 0 aliphatic carbocycles. The Balaban J connectivity index is 1.80. The van der Waals surface area contributed by atoms with Crippen molar-refractivity contribution in [3.05, 3.63) is 19.2 Å². The van der Waals surface area contributed by atoms with Crippen LogP contribution in [0.5, 0.6) is 0 Å². The van der Waals surface area contributed by atoms with E-state index in [9.17, 15) is 18.0 Å². The summed E-state index contributed by atoms with van der Waals surface area (Å²) in [4.78, 5) is 23.7. The zero-order valence-corrected chi connectivity index (χ0v) is 15.4. The lowest BCUT2D eigenvalue weighted by Crippen LogP contribution is -2.38. The topological polar surface area (TPSA) is 89.5 Å². The maximum Gasteiger partial charge on any atom is 0.348 e. The quantitative estimate of drug-likeness (QED) is 0.691.